The Morgan fingerprint density at radius 3 is 2.00 bits per heavy atom. The first-order valence-corrected chi connectivity index (χ1v) is 13.2. The highest BCUT2D eigenvalue weighted by Crippen LogP contribution is 2.28. The first-order valence-electron chi connectivity index (χ1n) is 13.2. The van der Waals surface area contributed by atoms with Crippen LogP contribution in [0.3, 0.4) is 0 Å². The van der Waals surface area contributed by atoms with E-state index in [0.717, 1.165) is 50.3 Å². The summed E-state index contributed by atoms with van der Waals surface area (Å²) in [6.45, 7) is 5.98. The zero-order valence-corrected chi connectivity index (χ0v) is 21.6. The molecule has 0 aromatic heterocycles. The van der Waals surface area contributed by atoms with Crippen LogP contribution in [-0.4, -0.2) is 48.9 Å². The van der Waals surface area contributed by atoms with Crippen LogP contribution in [0, 0.1) is 0 Å². The number of carbonyl (C=O) groups is 2. The fourth-order valence-corrected chi connectivity index (χ4v) is 4.86. The predicted octanol–water partition coefficient (Wildman–Crippen LogP) is 5.69. The second kappa shape index (κ2) is 11.3. The van der Waals surface area contributed by atoms with Gasteiger partial charge in [0.15, 0.2) is 0 Å². The summed E-state index contributed by atoms with van der Waals surface area (Å²) < 4.78 is 0. The van der Waals surface area contributed by atoms with Gasteiger partial charge in [-0.2, -0.15) is 10.1 Å². The number of amides is 1. The normalized spacial score (nSPS) is 16.8. The lowest BCUT2D eigenvalue weighted by atomic mass is 10.0. The largest absolute Gasteiger partial charge is 0.478 e. The second-order valence-electron chi connectivity index (χ2n) is 9.58. The van der Waals surface area contributed by atoms with Crippen LogP contribution in [-0.2, 0) is 4.79 Å². The number of carbonyl (C=O) groups excluding carboxylic acids is 1. The van der Waals surface area contributed by atoms with E-state index in [1.165, 1.54) is 28.5 Å². The lowest BCUT2D eigenvalue weighted by Gasteiger charge is -2.37. The maximum atomic E-state index is 13.4. The van der Waals surface area contributed by atoms with Crippen LogP contribution < -0.4 is 14.8 Å². The molecule has 3 aromatic carbocycles. The highest BCUT2D eigenvalue weighted by molar-refractivity contribution is 6.32. The minimum atomic E-state index is -1.00. The van der Waals surface area contributed by atoms with Crippen molar-refractivity contribution in [2.45, 2.75) is 26.2 Å². The number of piperazine rings is 1. The summed E-state index contributed by atoms with van der Waals surface area (Å²) in [6, 6.07) is 25.1. The Morgan fingerprint density at radius 2 is 1.42 bits per heavy atom. The van der Waals surface area contributed by atoms with E-state index in [1.807, 2.05) is 12.1 Å². The van der Waals surface area contributed by atoms with Crippen molar-refractivity contribution in [2.75, 3.05) is 41.0 Å². The van der Waals surface area contributed by atoms with E-state index in [1.54, 1.807) is 12.1 Å². The molecule has 0 bridgehead atoms. The molecule has 2 heterocycles. The van der Waals surface area contributed by atoms with Crippen LogP contribution in [0.5, 0.6) is 0 Å². The maximum absolute atomic E-state index is 13.4. The molecule has 1 fully saturated rings. The zero-order valence-electron chi connectivity index (χ0n) is 21.6. The fourth-order valence-electron chi connectivity index (χ4n) is 4.86. The zero-order chi connectivity index (χ0) is 26.5. The number of para-hydroxylation sites is 1. The molecule has 0 radical (unpaired) electrons. The van der Waals surface area contributed by atoms with Gasteiger partial charge in [0, 0.05) is 37.6 Å². The van der Waals surface area contributed by atoms with E-state index in [2.05, 4.69) is 70.4 Å². The van der Waals surface area contributed by atoms with Gasteiger partial charge in [-0.25, -0.2) is 4.79 Å². The van der Waals surface area contributed by atoms with Crippen LogP contribution >= 0.6 is 0 Å². The van der Waals surface area contributed by atoms with E-state index in [-0.39, 0.29) is 11.5 Å². The summed E-state index contributed by atoms with van der Waals surface area (Å²) in [5.41, 5.74) is 5.48. The number of hydrogen-bond acceptors (Lipinski definition) is 5. The van der Waals surface area contributed by atoms with Crippen molar-refractivity contribution >= 4 is 40.7 Å². The Kier molecular flexibility index (Phi) is 7.54. The number of anilines is 3. The van der Waals surface area contributed by atoms with Gasteiger partial charge < -0.3 is 14.9 Å². The first kappa shape index (κ1) is 25.3. The van der Waals surface area contributed by atoms with E-state index in [4.69, 9.17) is 0 Å². The molecule has 0 unspecified atom stereocenters. The number of nitrogens with zero attached hydrogens (tertiary/aromatic N) is 4. The highest BCUT2D eigenvalue weighted by atomic mass is 16.4. The van der Waals surface area contributed by atoms with Crippen molar-refractivity contribution in [3.05, 3.63) is 95.6 Å². The summed E-state index contributed by atoms with van der Waals surface area (Å²) in [5.74, 6) is -1.20. The predicted molar refractivity (Wildman–Crippen MR) is 153 cm³/mol. The quantitative estimate of drug-likeness (QED) is 0.396. The fraction of sp³-hybridized carbons (Fsp3) is 0.258. The van der Waals surface area contributed by atoms with Crippen molar-refractivity contribution in [1.29, 1.82) is 0 Å². The molecule has 1 saturated heterocycles. The van der Waals surface area contributed by atoms with Crippen LogP contribution in [0.4, 0.5) is 17.1 Å². The molecule has 38 heavy (non-hydrogen) atoms. The Labute approximate surface area is 223 Å². The number of carboxylic acids is 1. The monoisotopic (exact) mass is 508 g/mol. The molecule has 0 spiro atoms. The molecule has 3 aromatic rings. The molecule has 1 amide bonds. The van der Waals surface area contributed by atoms with Gasteiger partial charge >= 0.3 is 5.97 Å². The van der Waals surface area contributed by atoms with Crippen molar-refractivity contribution < 1.29 is 14.7 Å². The number of hydrazone groups is 1. The van der Waals surface area contributed by atoms with E-state index >= 15 is 0 Å². The van der Waals surface area contributed by atoms with Gasteiger partial charge in [-0.3, -0.25) is 4.79 Å². The Hall–Kier alpha value is -4.39. The van der Waals surface area contributed by atoms with Crippen LogP contribution in [0.15, 0.2) is 89.5 Å². The minimum Gasteiger partial charge on any atom is -0.478 e. The Balaban J connectivity index is 1.30. The Bertz CT molecular complexity index is 1340. The number of aromatic carboxylic acids is 1. The first-order chi connectivity index (χ1) is 18.5. The summed E-state index contributed by atoms with van der Waals surface area (Å²) in [4.78, 5) is 29.4. The lowest BCUT2D eigenvalue weighted by Crippen LogP contribution is -2.46. The lowest BCUT2D eigenvalue weighted by molar-refractivity contribution is -0.114. The molecule has 0 saturated carbocycles. The number of hydrogen-bond donors (Lipinski definition) is 1. The van der Waals surface area contributed by atoms with Gasteiger partial charge in [-0.05, 0) is 73.0 Å². The number of rotatable bonds is 8. The summed E-state index contributed by atoms with van der Waals surface area (Å²) in [6.07, 6.45) is 4.56. The summed E-state index contributed by atoms with van der Waals surface area (Å²) >= 11 is 0. The van der Waals surface area contributed by atoms with E-state index in [0.29, 0.717) is 17.7 Å². The average Bonchev–Trinajstić information content (AvgIpc) is 3.27. The van der Waals surface area contributed by atoms with Gasteiger partial charge in [0.2, 0.25) is 0 Å². The summed E-state index contributed by atoms with van der Waals surface area (Å²) in [5, 5.41) is 15.2. The molecule has 194 valence electrons. The number of carboxylic acid groups (broad SMARTS) is 1. The van der Waals surface area contributed by atoms with Crippen molar-refractivity contribution in [1.82, 2.24) is 0 Å². The molecule has 0 atom stereocenters. The Morgan fingerprint density at radius 1 is 0.842 bits per heavy atom. The third-order valence-corrected chi connectivity index (χ3v) is 7.05. The van der Waals surface area contributed by atoms with Crippen LogP contribution in [0.1, 0.15) is 42.1 Å². The molecule has 5 rings (SSSR count). The molecular weight excluding hydrogens is 476 g/mol. The average molecular weight is 509 g/mol. The third-order valence-electron chi connectivity index (χ3n) is 7.05. The van der Waals surface area contributed by atoms with Crippen molar-refractivity contribution in [3.63, 3.8) is 0 Å². The van der Waals surface area contributed by atoms with Gasteiger partial charge in [-0.15, -0.1) is 0 Å². The van der Waals surface area contributed by atoms with Crippen molar-refractivity contribution in [3.8, 4) is 0 Å². The van der Waals surface area contributed by atoms with Crippen LogP contribution in [0.2, 0.25) is 0 Å². The molecule has 0 aliphatic carbocycles. The van der Waals surface area contributed by atoms with Gasteiger partial charge in [-0.1, -0.05) is 43.7 Å². The molecule has 2 aliphatic heterocycles. The third kappa shape index (κ3) is 5.47. The number of benzene rings is 3. The van der Waals surface area contributed by atoms with E-state index < -0.39 is 5.97 Å². The molecule has 1 N–H and O–H groups in total. The second-order valence-corrected chi connectivity index (χ2v) is 9.58. The molecular formula is C31H32N4O3. The standard InChI is InChI=1S/C31H32N4O3/c1-2-3-9-29-28(30(36)35(32-29)27-16-12-24(13-17-27)31(37)38)22-23-10-14-26(15-11-23)34-20-18-33(19-21-34)25-7-5-4-6-8-25/h4-8,10-17,22H,2-3,9,18-21H2,1H3,(H,37,38)/b28-22-. The molecule has 7 nitrogen and oxygen atoms in total. The van der Waals surface area contributed by atoms with Gasteiger partial charge in [0.05, 0.1) is 22.5 Å². The minimum absolute atomic E-state index is 0.174. The SMILES string of the molecule is CCCCC1=NN(c2ccc(C(=O)O)cc2)C(=O)/C1=C\c1ccc(N2CCN(c3ccccc3)CC2)cc1. The topological polar surface area (TPSA) is 76.4 Å². The van der Waals surface area contributed by atoms with Gasteiger partial charge in [0.1, 0.15) is 0 Å². The van der Waals surface area contributed by atoms with Gasteiger partial charge in [0.25, 0.3) is 5.91 Å². The van der Waals surface area contributed by atoms with Crippen LogP contribution in [0.25, 0.3) is 6.08 Å². The summed E-state index contributed by atoms with van der Waals surface area (Å²) in [7, 11) is 0. The maximum Gasteiger partial charge on any atom is 0.335 e. The smallest absolute Gasteiger partial charge is 0.335 e. The van der Waals surface area contributed by atoms with Crippen molar-refractivity contribution in [2.24, 2.45) is 5.10 Å². The number of unbranched alkanes of at least 4 members (excludes halogenated alkanes) is 1. The van der Waals surface area contributed by atoms with E-state index in [9.17, 15) is 14.7 Å². The molecule has 7 heteroatoms. The molecule has 2 aliphatic rings. The highest BCUT2D eigenvalue weighted by Gasteiger charge is 2.30.